The Morgan fingerprint density at radius 1 is 1.04 bits per heavy atom. The summed E-state index contributed by atoms with van der Waals surface area (Å²) in [6.45, 7) is 0.0330. The van der Waals surface area contributed by atoms with Crippen LogP contribution in [0.15, 0.2) is 53.9 Å². The molecular formula is C20H15FN2O4S. The van der Waals surface area contributed by atoms with E-state index in [1.54, 1.807) is 41.8 Å². The number of carbonyl (C=O) groups excluding carboxylic acids is 1. The van der Waals surface area contributed by atoms with Gasteiger partial charge in [0.15, 0.2) is 6.61 Å². The lowest BCUT2D eigenvalue weighted by Gasteiger charge is -2.06. The Morgan fingerprint density at radius 3 is 2.43 bits per heavy atom. The van der Waals surface area contributed by atoms with Crippen molar-refractivity contribution in [1.82, 2.24) is 4.98 Å². The first-order valence-corrected chi connectivity index (χ1v) is 9.10. The number of ether oxygens (including phenoxy) is 3. The summed E-state index contributed by atoms with van der Waals surface area (Å²) in [6.07, 6.45) is 0. The highest BCUT2D eigenvalue weighted by atomic mass is 32.1. The molecule has 0 spiro atoms. The lowest BCUT2D eigenvalue weighted by molar-refractivity contribution is -0.147. The summed E-state index contributed by atoms with van der Waals surface area (Å²) in [5, 5.41) is 11.2. The van der Waals surface area contributed by atoms with Crippen LogP contribution in [0.4, 0.5) is 4.39 Å². The second-order valence-corrected chi connectivity index (χ2v) is 6.50. The maximum atomic E-state index is 12.9. The van der Waals surface area contributed by atoms with E-state index in [-0.39, 0.29) is 25.6 Å². The molecule has 0 saturated heterocycles. The molecule has 0 fully saturated rings. The van der Waals surface area contributed by atoms with Gasteiger partial charge in [-0.3, -0.25) is 0 Å². The van der Waals surface area contributed by atoms with E-state index in [2.05, 4.69) is 4.98 Å². The molecule has 0 unspecified atom stereocenters. The first kappa shape index (κ1) is 19.3. The Bertz CT molecular complexity index is 965. The van der Waals surface area contributed by atoms with Gasteiger partial charge in [-0.25, -0.2) is 14.2 Å². The van der Waals surface area contributed by atoms with Gasteiger partial charge in [-0.1, -0.05) is 0 Å². The van der Waals surface area contributed by atoms with E-state index in [0.717, 1.165) is 0 Å². The van der Waals surface area contributed by atoms with E-state index in [1.807, 2.05) is 6.07 Å². The highest BCUT2D eigenvalue weighted by molar-refractivity contribution is 7.09. The zero-order valence-corrected chi connectivity index (χ0v) is 15.4. The van der Waals surface area contributed by atoms with Gasteiger partial charge in [-0.2, -0.15) is 5.26 Å². The molecule has 2 aromatic carbocycles. The van der Waals surface area contributed by atoms with Crippen LogP contribution in [0.2, 0.25) is 0 Å². The Balaban J connectivity index is 1.40. The number of benzene rings is 2. The van der Waals surface area contributed by atoms with Gasteiger partial charge >= 0.3 is 5.97 Å². The Morgan fingerprint density at radius 2 is 1.71 bits per heavy atom. The molecule has 142 valence electrons. The highest BCUT2D eigenvalue weighted by Crippen LogP contribution is 2.16. The molecule has 0 saturated carbocycles. The van der Waals surface area contributed by atoms with Crippen molar-refractivity contribution >= 4 is 17.3 Å². The quantitative estimate of drug-likeness (QED) is 0.536. The number of halogens is 1. The molecular weight excluding hydrogens is 383 g/mol. The van der Waals surface area contributed by atoms with Gasteiger partial charge in [0, 0.05) is 5.38 Å². The molecule has 8 heteroatoms. The highest BCUT2D eigenvalue weighted by Gasteiger charge is 2.08. The van der Waals surface area contributed by atoms with E-state index in [9.17, 15) is 9.18 Å². The molecule has 0 aliphatic rings. The lowest BCUT2D eigenvalue weighted by Crippen LogP contribution is -2.14. The van der Waals surface area contributed by atoms with Crippen molar-refractivity contribution in [2.45, 2.75) is 13.2 Å². The predicted molar refractivity (Wildman–Crippen MR) is 99.3 cm³/mol. The second kappa shape index (κ2) is 9.48. The number of thiazole rings is 1. The lowest BCUT2D eigenvalue weighted by atomic mass is 10.2. The zero-order valence-electron chi connectivity index (χ0n) is 14.6. The molecule has 3 aromatic rings. The summed E-state index contributed by atoms with van der Waals surface area (Å²) in [4.78, 5) is 16.1. The fraction of sp³-hybridized carbons (Fsp3) is 0.150. The summed E-state index contributed by atoms with van der Waals surface area (Å²) < 4.78 is 28.8. The van der Waals surface area contributed by atoms with Gasteiger partial charge in [0.1, 0.15) is 35.5 Å². The average molecular weight is 398 g/mol. The van der Waals surface area contributed by atoms with Crippen LogP contribution in [-0.2, 0) is 22.7 Å². The van der Waals surface area contributed by atoms with Crippen molar-refractivity contribution in [3.63, 3.8) is 0 Å². The largest absolute Gasteiger partial charge is 0.486 e. The number of nitriles is 1. The topological polar surface area (TPSA) is 81.4 Å². The average Bonchev–Trinajstić information content (AvgIpc) is 3.18. The van der Waals surface area contributed by atoms with E-state index >= 15 is 0 Å². The number of hydrogen-bond donors (Lipinski definition) is 0. The molecule has 0 atom stereocenters. The van der Waals surface area contributed by atoms with Crippen LogP contribution in [0.1, 0.15) is 16.3 Å². The Labute approximate surface area is 164 Å². The first-order valence-electron chi connectivity index (χ1n) is 8.22. The fourth-order valence-corrected chi connectivity index (χ4v) is 2.81. The van der Waals surface area contributed by atoms with Crippen LogP contribution in [-0.4, -0.2) is 17.6 Å². The van der Waals surface area contributed by atoms with E-state index in [1.165, 1.54) is 23.5 Å². The SMILES string of the molecule is N#Cc1ccc(OCC(=O)OCc2csc(COc3ccc(F)cc3)n2)cc1. The number of nitrogens with zero attached hydrogens (tertiary/aromatic N) is 2. The van der Waals surface area contributed by atoms with Crippen LogP contribution in [0.3, 0.4) is 0 Å². The number of carbonyl (C=O) groups is 1. The molecule has 1 aromatic heterocycles. The number of esters is 1. The van der Waals surface area contributed by atoms with Gasteiger partial charge in [0.05, 0.1) is 17.3 Å². The molecule has 1 heterocycles. The molecule has 0 bridgehead atoms. The first-order chi connectivity index (χ1) is 13.6. The summed E-state index contributed by atoms with van der Waals surface area (Å²) in [7, 11) is 0. The molecule has 0 radical (unpaired) electrons. The van der Waals surface area contributed by atoms with Gasteiger partial charge in [-0.15, -0.1) is 11.3 Å². The number of aromatic nitrogens is 1. The Hall–Kier alpha value is -3.44. The van der Waals surface area contributed by atoms with Crippen molar-refractivity contribution in [3.8, 4) is 17.6 Å². The third-order valence-electron chi connectivity index (χ3n) is 3.50. The van der Waals surface area contributed by atoms with Crippen LogP contribution in [0.25, 0.3) is 0 Å². The minimum absolute atomic E-state index is 0.0304. The smallest absolute Gasteiger partial charge is 0.344 e. The number of hydrogen-bond acceptors (Lipinski definition) is 7. The van der Waals surface area contributed by atoms with Gasteiger partial charge in [-0.05, 0) is 48.5 Å². The molecule has 0 amide bonds. The standard InChI is InChI=1S/C20H15FN2O4S/c21-15-3-7-18(8-4-15)25-11-19-23-16(13-28-19)10-27-20(24)12-26-17-5-1-14(9-22)2-6-17/h1-8,13H,10-12H2. The minimum atomic E-state index is -0.526. The van der Waals surface area contributed by atoms with Gasteiger partial charge in [0.2, 0.25) is 0 Å². The van der Waals surface area contributed by atoms with Crippen molar-refractivity contribution in [3.05, 3.63) is 76.0 Å². The van der Waals surface area contributed by atoms with E-state index in [4.69, 9.17) is 19.5 Å². The van der Waals surface area contributed by atoms with Crippen molar-refractivity contribution < 1.29 is 23.4 Å². The summed E-state index contributed by atoms with van der Waals surface area (Å²) in [6, 6.07) is 14.2. The zero-order chi connectivity index (χ0) is 19.8. The van der Waals surface area contributed by atoms with Crippen molar-refractivity contribution in [1.29, 1.82) is 5.26 Å². The molecule has 0 aliphatic heterocycles. The van der Waals surface area contributed by atoms with E-state index < -0.39 is 5.97 Å². The molecule has 0 aliphatic carbocycles. The van der Waals surface area contributed by atoms with Crippen LogP contribution < -0.4 is 9.47 Å². The Kier molecular flexibility index (Phi) is 6.54. The summed E-state index contributed by atoms with van der Waals surface area (Å²) >= 11 is 1.38. The molecule has 3 rings (SSSR count). The third kappa shape index (κ3) is 5.79. The van der Waals surface area contributed by atoms with Gasteiger partial charge in [0.25, 0.3) is 0 Å². The molecule has 0 N–H and O–H groups in total. The van der Waals surface area contributed by atoms with Gasteiger partial charge < -0.3 is 14.2 Å². The normalized spacial score (nSPS) is 10.1. The van der Waals surface area contributed by atoms with Crippen LogP contribution >= 0.6 is 11.3 Å². The van der Waals surface area contributed by atoms with Crippen molar-refractivity contribution in [2.24, 2.45) is 0 Å². The molecule has 28 heavy (non-hydrogen) atoms. The summed E-state index contributed by atoms with van der Waals surface area (Å²) in [5.41, 5.74) is 1.12. The van der Waals surface area contributed by atoms with E-state index in [0.29, 0.717) is 27.8 Å². The second-order valence-electron chi connectivity index (χ2n) is 5.56. The predicted octanol–water partition coefficient (Wildman–Crippen LogP) is 3.86. The van der Waals surface area contributed by atoms with Crippen molar-refractivity contribution in [2.75, 3.05) is 6.61 Å². The third-order valence-corrected chi connectivity index (χ3v) is 4.37. The fourth-order valence-electron chi connectivity index (χ4n) is 2.12. The maximum absolute atomic E-state index is 12.9. The summed E-state index contributed by atoms with van der Waals surface area (Å²) in [5.74, 6) is 0.171. The number of rotatable bonds is 8. The van der Waals surface area contributed by atoms with Crippen LogP contribution in [0, 0.1) is 17.1 Å². The monoisotopic (exact) mass is 398 g/mol. The molecule has 6 nitrogen and oxygen atoms in total. The maximum Gasteiger partial charge on any atom is 0.344 e. The van der Waals surface area contributed by atoms with Crippen LogP contribution in [0.5, 0.6) is 11.5 Å². The minimum Gasteiger partial charge on any atom is -0.486 e.